The Morgan fingerprint density at radius 3 is 2.28 bits per heavy atom. The minimum Gasteiger partial charge on any atom is -0.371 e. The second-order valence-corrected chi connectivity index (χ2v) is 11.1. The summed E-state index contributed by atoms with van der Waals surface area (Å²) in [5, 5.41) is 3.41. The van der Waals surface area contributed by atoms with E-state index in [1.54, 1.807) is 17.0 Å². The van der Waals surface area contributed by atoms with Gasteiger partial charge in [-0.15, -0.1) is 0 Å². The molecule has 0 spiro atoms. The van der Waals surface area contributed by atoms with Crippen molar-refractivity contribution >= 4 is 27.7 Å². The highest BCUT2D eigenvalue weighted by Crippen LogP contribution is 2.20. The van der Waals surface area contributed by atoms with E-state index in [1.165, 1.54) is 16.4 Å². The van der Waals surface area contributed by atoms with Gasteiger partial charge in [0, 0.05) is 37.7 Å². The fourth-order valence-electron chi connectivity index (χ4n) is 3.31. The van der Waals surface area contributed by atoms with Crippen LogP contribution in [0.25, 0.3) is 0 Å². The summed E-state index contributed by atoms with van der Waals surface area (Å²) in [5.41, 5.74) is 1.82. The zero-order valence-corrected chi connectivity index (χ0v) is 20.2. The first kappa shape index (κ1) is 24.5. The van der Waals surface area contributed by atoms with Gasteiger partial charge in [-0.3, -0.25) is 0 Å². The molecule has 7 nitrogen and oxygen atoms in total. The summed E-state index contributed by atoms with van der Waals surface area (Å²) in [4.78, 5) is 14.4. The zero-order chi connectivity index (χ0) is 23.4. The van der Waals surface area contributed by atoms with Crippen molar-refractivity contribution in [3.63, 3.8) is 0 Å². The van der Waals surface area contributed by atoms with Gasteiger partial charge in [0.15, 0.2) is 0 Å². The predicted octanol–water partition coefficient (Wildman–Crippen LogP) is 3.87. The maximum Gasteiger partial charge on any atom is 0.317 e. The number of hydrogen-bond donors (Lipinski definition) is 1. The van der Waals surface area contributed by atoms with Crippen LogP contribution >= 0.6 is 11.6 Å². The van der Waals surface area contributed by atoms with Gasteiger partial charge in [0.25, 0.3) is 0 Å². The monoisotopic (exact) mass is 479 g/mol. The molecule has 0 radical (unpaired) electrons. The molecule has 0 atom stereocenters. The van der Waals surface area contributed by atoms with Gasteiger partial charge in [-0.2, -0.15) is 4.31 Å². The van der Waals surface area contributed by atoms with Gasteiger partial charge in [0.1, 0.15) is 0 Å². The Kier molecular flexibility index (Phi) is 7.82. The van der Waals surface area contributed by atoms with Crippen molar-refractivity contribution in [3.05, 3.63) is 64.7 Å². The van der Waals surface area contributed by atoms with E-state index in [4.69, 9.17) is 16.3 Å². The molecule has 32 heavy (non-hydrogen) atoms. The third kappa shape index (κ3) is 6.68. The van der Waals surface area contributed by atoms with Gasteiger partial charge in [-0.25, -0.2) is 13.2 Å². The van der Waals surface area contributed by atoms with E-state index in [-0.39, 0.29) is 29.6 Å². The lowest BCUT2D eigenvalue weighted by atomic mass is 10.1. The Balaban J connectivity index is 1.50. The molecular weight excluding hydrogens is 450 g/mol. The van der Waals surface area contributed by atoms with Gasteiger partial charge in [-0.1, -0.05) is 35.9 Å². The Morgan fingerprint density at radius 1 is 1.03 bits per heavy atom. The van der Waals surface area contributed by atoms with Crippen molar-refractivity contribution in [2.45, 2.75) is 44.4 Å². The van der Waals surface area contributed by atoms with Gasteiger partial charge < -0.3 is 15.0 Å². The summed E-state index contributed by atoms with van der Waals surface area (Å²) >= 11 is 5.85. The molecule has 174 valence electrons. The van der Waals surface area contributed by atoms with Crippen LogP contribution < -0.4 is 5.32 Å². The van der Waals surface area contributed by atoms with E-state index in [0.717, 1.165) is 11.1 Å². The molecule has 1 aliphatic heterocycles. The summed E-state index contributed by atoms with van der Waals surface area (Å²) in [6.07, 6.45) is 0. The maximum absolute atomic E-state index is 12.8. The highest BCUT2D eigenvalue weighted by atomic mass is 35.5. The SMILES string of the molecule is CC(C)(C)OCc1cccc(CNC(=O)N2CCN(S(=O)(=O)c3ccc(Cl)cc3)CC2)c1. The van der Waals surface area contributed by atoms with Crippen LogP contribution in [0.5, 0.6) is 0 Å². The molecule has 9 heteroatoms. The van der Waals surface area contributed by atoms with E-state index in [1.807, 2.05) is 45.0 Å². The zero-order valence-electron chi connectivity index (χ0n) is 18.7. The molecule has 1 aliphatic rings. The van der Waals surface area contributed by atoms with Gasteiger partial charge in [0.05, 0.1) is 17.1 Å². The summed E-state index contributed by atoms with van der Waals surface area (Å²) in [6.45, 7) is 8.10. The number of nitrogens with one attached hydrogen (secondary N) is 1. The highest BCUT2D eigenvalue weighted by molar-refractivity contribution is 7.89. The minimum atomic E-state index is -3.60. The van der Waals surface area contributed by atoms with E-state index >= 15 is 0 Å². The molecule has 0 saturated carbocycles. The molecule has 1 heterocycles. The largest absolute Gasteiger partial charge is 0.371 e. The average Bonchev–Trinajstić information content (AvgIpc) is 2.76. The molecule has 2 aromatic rings. The number of hydrogen-bond acceptors (Lipinski definition) is 4. The van der Waals surface area contributed by atoms with Crippen molar-refractivity contribution in [2.75, 3.05) is 26.2 Å². The number of amides is 2. The second-order valence-electron chi connectivity index (χ2n) is 8.72. The van der Waals surface area contributed by atoms with Crippen LogP contribution in [0.4, 0.5) is 4.79 Å². The molecule has 0 aromatic heterocycles. The molecule has 2 amide bonds. The number of carbonyl (C=O) groups excluding carboxylic acids is 1. The third-order valence-corrected chi connectivity index (χ3v) is 7.25. The average molecular weight is 480 g/mol. The molecule has 1 fully saturated rings. The third-order valence-electron chi connectivity index (χ3n) is 5.08. The topological polar surface area (TPSA) is 79.0 Å². The highest BCUT2D eigenvalue weighted by Gasteiger charge is 2.30. The number of sulfonamides is 1. The number of nitrogens with zero attached hydrogens (tertiary/aromatic N) is 2. The van der Waals surface area contributed by atoms with Crippen LogP contribution in [0.15, 0.2) is 53.4 Å². The van der Waals surface area contributed by atoms with E-state index in [9.17, 15) is 13.2 Å². The van der Waals surface area contributed by atoms with Crippen LogP contribution in [0.2, 0.25) is 5.02 Å². The number of urea groups is 1. The smallest absolute Gasteiger partial charge is 0.317 e. The van der Waals surface area contributed by atoms with Crippen LogP contribution in [-0.4, -0.2) is 55.4 Å². The summed E-state index contributed by atoms with van der Waals surface area (Å²) in [5.74, 6) is 0. The fourth-order valence-corrected chi connectivity index (χ4v) is 4.85. The predicted molar refractivity (Wildman–Crippen MR) is 125 cm³/mol. The molecular formula is C23H30ClN3O4S. The molecule has 3 rings (SSSR count). The Bertz CT molecular complexity index is 1030. The number of piperazine rings is 1. The molecule has 2 aromatic carbocycles. The Hall–Kier alpha value is -2.13. The first-order chi connectivity index (χ1) is 15.0. The van der Waals surface area contributed by atoms with Gasteiger partial charge >= 0.3 is 6.03 Å². The van der Waals surface area contributed by atoms with E-state index in [2.05, 4.69) is 5.32 Å². The number of rotatable bonds is 6. The number of ether oxygens (including phenoxy) is 1. The second kappa shape index (κ2) is 10.2. The van der Waals surface area contributed by atoms with Crippen molar-refractivity contribution in [1.82, 2.24) is 14.5 Å². The number of halogens is 1. The number of benzene rings is 2. The fraction of sp³-hybridized carbons (Fsp3) is 0.435. The lowest BCUT2D eigenvalue weighted by Gasteiger charge is -2.34. The normalized spacial score (nSPS) is 15.6. The summed E-state index contributed by atoms with van der Waals surface area (Å²) in [6, 6.07) is 13.8. The molecule has 1 N–H and O–H groups in total. The summed E-state index contributed by atoms with van der Waals surface area (Å²) in [7, 11) is -3.60. The lowest BCUT2D eigenvalue weighted by molar-refractivity contribution is -0.0149. The Labute approximate surface area is 195 Å². The molecule has 0 aliphatic carbocycles. The molecule has 0 unspecified atom stereocenters. The van der Waals surface area contributed by atoms with E-state index in [0.29, 0.717) is 31.3 Å². The standard InChI is InChI=1S/C23H30ClN3O4S/c1-23(2,3)31-17-19-6-4-5-18(15-19)16-25-22(28)26-11-13-27(14-12-26)32(29,30)21-9-7-20(24)8-10-21/h4-10,15H,11-14,16-17H2,1-3H3,(H,25,28). The number of carbonyl (C=O) groups is 1. The van der Waals surface area contributed by atoms with Crippen molar-refractivity contribution in [1.29, 1.82) is 0 Å². The van der Waals surface area contributed by atoms with Crippen LogP contribution in [0, 0.1) is 0 Å². The van der Waals surface area contributed by atoms with Crippen LogP contribution in [0.3, 0.4) is 0 Å². The van der Waals surface area contributed by atoms with Crippen molar-refractivity contribution in [2.24, 2.45) is 0 Å². The Morgan fingerprint density at radius 2 is 1.66 bits per heavy atom. The molecule has 1 saturated heterocycles. The first-order valence-electron chi connectivity index (χ1n) is 10.5. The lowest BCUT2D eigenvalue weighted by Crippen LogP contribution is -2.52. The summed E-state index contributed by atoms with van der Waals surface area (Å²) < 4.78 is 32.8. The molecule has 0 bridgehead atoms. The van der Waals surface area contributed by atoms with Crippen molar-refractivity contribution < 1.29 is 17.9 Å². The van der Waals surface area contributed by atoms with Gasteiger partial charge in [-0.05, 0) is 56.2 Å². The van der Waals surface area contributed by atoms with E-state index < -0.39 is 10.0 Å². The van der Waals surface area contributed by atoms with Crippen molar-refractivity contribution in [3.8, 4) is 0 Å². The maximum atomic E-state index is 12.8. The minimum absolute atomic E-state index is 0.204. The van der Waals surface area contributed by atoms with Gasteiger partial charge in [0.2, 0.25) is 10.0 Å². The van der Waals surface area contributed by atoms with Crippen LogP contribution in [0.1, 0.15) is 31.9 Å². The first-order valence-corrected chi connectivity index (χ1v) is 12.4. The van der Waals surface area contributed by atoms with Crippen LogP contribution in [-0.2, 0) is 27.9 Å². The quantitative estimate of drug-likeness (QED) is 0.682.